The third kappa shape index (κ3) is 2.56. The van der Waals surface area contributed by atoms with Crippen molar-refractivity contribution >= 4 is 17.3 Å². The number of fused-ring (bicyclic) bond motifs is 3. The Morgan fingerprint density at radius 1 is 1.04 bits per heavy atom. The fraction of sp³-hybridized carbons (Fsp3) is 0.364. The fourth-order valence-electron chi connectivity index (χ4n) is 4.10. The van der Waals surface area contributed by atoms with Crippen molar-refractivity contribution in [3.63, 3.8) is 0 Å². The number of halogens is 1. The Bertz CT molecular complexity index is 783. The lowest BCUT2D eigenvalue weighted by molar-refractivity contribution is 0.425. The maximum Gasteiger partial charge on any atom is 0.0640 e. The van der Waals surface area contributed by atoms with E-state index < -0.39 is 0 Å². The summed E-state index contributed by atoms with van der Waals surface area (Å²) in [6.45, 7) is 6.77. The first-order valence-corrected chi connectivity index (χ1v) is 9.15. The van der Waals surface area contributed by atoms with Crippen LogP contribution in [0.1, 0.15) is 55.8 Å². The van der Waals surface area contributed by atoms with Crippen molar-refractivity contribution in [3.05, 3.63) is 76.3 Å². The molecule has 1 aliphatic heterocycles. The van der Waals surface area contributed by atoms with Crippen LogP contribution in [0.25, 0.3) is 0 Å². The van der Waals surface area contributed by atoms with Gasteiger partial charge in [0.25, 0.3) is 0 Å². The van der Waals surface area contributed by atoms with Crippen LogP contribution in [0.3, 0.4) is 0 Å². The van der Waals surface area contributed by atoms with Crippen molar-refractivity contribution in [1.29, 1.82) is 0 Å². The van der Waals surface area contributed by atoms with Gasteiger partial charge in [-0.15, -0.1) is 0 Å². The van der Waals surface area contributed by atoms with Gasteiger partial charge >= 0.3 is 0 Å². The number of hydrogen-bond acceptors (Lipinski definition) is 1. The van der Waals surface area contributed by atoms with Gasteiger partial charge in [-0.2, -0.15) is 0 Å². The smallest absolute Gasteiger partial charge is 0.0640 e. The van der Waals surface area contributed by atoms with E-state index in [0.29, 0.717) is 17.9 Å². The summed E-state index contributed by atoms with van der Waals surface area (Å²) in [5.41, 5.74) is 5.36. The average molecular weight is 338 g/mol. The summed E-state index contributed by atoms with van der Waals surface area (Å²) in [5, 5.41) is 4.56. The molecule has 0 radical (unpaired) electrons. The van der Waals surface area contributed by atoms with E-state index in [9.17, 15) is 0 Å². The van der Waals surface area contributed by atoms with Crippen LogP contribution in [-0.4, -0.2) is 0 Å². The molecule has 1 heterocycles. The van der Waals surface area contributed by atoms with Crippen LogP contribution >= 0.6 is 11.6 Å². The van der Waals surface area contributed by atoms with Crippen molar-refractivity contribution in [1.82, 2.24) is 0 Å². The van der Waals surface area contributed by atoms with E-state index in [0.717, 1.165) is 17.1 Å². The van der Waals surface area contributed by atoms with Gasteiger partial charge < -0.3 is 5.32 Å². The van der Waals surface area contributed by atoms with Crippen LogP contribution < -0.4 is 5.32 Å². The largest absolute Gasteiger partial charge is 0.376 e. The number of nitrogens with one attached hydrogen (secondary N) is 1. The molecule has 0 bridgehead atoms. The highest BCUT2D eigenvalue weighted by Gasteiger charge is 2.38. The fourth-order valence-corrected chi connectivity index (χ4v) is 4.34. The zero-order chi connectivity index (χ0) is 16.9. The van der Waals surface area contributed by atoms with Crippen LogP contribution in [0.5, 0.6) is 0 Å². The molecule has 3 atom stereocenters. The molecule has 0 fully saturated rings. The van der Waals surface area contributed by atoms with Crippen molar-refractivity contribution in [2.45, 2.75) is 44.6 Å². The first-order valence-electron chi connectivity index (χ1n) is 8.77. The van der Waals surface area contributed by atoms with E-state index in [2.05, 4.69) is 74.6 Å². The molecule has 2 heteroatoms. The standard InChI is InChI=1S/C22H24ClN/c1-22(2,3)15-12-10-14(11-13-15)20-17-7-4-6-16(17)18-8-5-9-19(23)21(18)24-20/h4-6,8-13,16-17,20,24H,7H2,1-3H3/t16-,17+,20+/m1/s1. The first-order chi connectivity index (χ1) is 11.4. The number of rotatable bonds is 1. The van der Waals surface area contributed by atoms with E-state index in [1.807, 2.05) is 6.07 Å². The van der Waals surface area contributed by atoms with Gasteiger partial charge in [0, 0.05) is 5.92 Å². The Kier molecular flexibility index (Phi) is 3.73. The zero-order valence-electron chi connectivity index (χ0n) is 14.5. The molecule has 2 aromatic rings. The monoisotopic (exact) mass is 337 g/mol. The van der Waals surface area contributed by atoms with Gasteiger partial charge in [-0.3, -0.25) is 0 Å². The minimum atomic E-state index is 0.186. The highest BCUT2D eigenvalue weighted by Crippen LogP contribution is 2.51. The Labute approximate surface area is 149 Å². The maximum atomic E-state index is 6.48. The van der Waals surface area contributed by atoms with Gasteiger partial charge in [0.05, 0.1) is 16.8 Å². The first kappa shape index (κ1) is 15.8. The number of para-hydroxylation sites is 1. The number of hydrogen-bond donors (Lipinski definition) is 1. The quantitative estimate of drug-likeness (QED) is 0.588. The van der Waals surface area contributed by atoms with Crippen LogP contribution in [0.2, 0.25) is 5.02 Å². The summed E-state index contributed by atoms with van der Waals surface area (Å²) < 4.78 is 0. The van der Waals surface area contributed by atoms with Gasteiger partial charge in [-0.05, 0) is 40.5 Å². The maximum absolute atomic E-state index is 6.48. The second kappa shape index (κ2) is 5.67. The lowest BCUT2D eigenvalue weighted by atomic mass is 9.76. The Morgan fingerprint density at radius 3 is 2.50 bits per heavy atom. The second-order valence-electron chi connectivity index (χ2n) is 8.05. The lowest BCUT2D eigenvalue weighted by Gasteiger charge is -2.38. The Balaban J connectivity index is 1.73. The van der Waals surface area contributed by atoms with Crippen LogP contribution in [0.4, 0.5) is 5.69 Å². The van der Waals surface area contributed by atoms with Gasteiger partial charge in [0.1, 0.15) is 0 Å². The average Bonchev–Trinajstić information content (AvgIpc) is 3.04. The third-order valence-corrected chi connectivity index (χ3v) is 5.80. The Morgan fingerprint density at radius 2 is 1.79 bits per heavy atom. The van der Waals surface area contributed by atoms with Crippen LogP contribution in [0, 0.1) is 5.92 Å². The van der Waals surface area contributed by atoms with Crippen LogP contribution in [-0.2, 0) is 5.41 Å². The SMILES string of the molecule is CC(C)(C)c1ccc([C@@H]2Nc3c(Cl)cccc3[C@@H]3C=CC[C@@H]32)cc1. The molecule has 24 heavy (non-hydrogen) atoms. The molecule has 2 aromatic carbocycles. The second-order valence-corrected chi connectivity index (χ2v) is 8.46. The van der Waals surface area contributed by atoms with Crippen molar-refractivity contribution in [2.75, 3.05) is 5.32 Å². The molecule has 0 aromatic heterocycles. The molecule has 2 aliphatic rings. The van der Waals surface area contributed by atoms with Crippen molar-refractivity contribution < 1.29 is 0 Å². The summed E-state index contributed by atoms with van der Waals surface area (Å²) in [7, 11) is 0. The van der Waals surface area contributed by atoms with Gasteiger partial charge in [-0.1, -0.05) is 80.9 Å². The van der Waals surface area contributed by atoms with E-state index in [1.54, 1.807) is 0 Å². The summed E-state index contributed by atoms with van der Waals surface area (Å²) >= 11 is 6.48. The molecule has 0 unspecified atom stereocenters. The van der Waals surface area contributed by atoms with E-state index in [4.69, 9.17) is 11.6 Å². The molecule has 0 saturated carbocycles. The van der Waals surface area contributed by atoms with Crippen molar-refractivity contribution in [3.8, 4) is 0 Å². The zero-order valence-corrected chi connectivity index (χ0v) is 15.3. The molecular formula is C22H24ClN. The molecule has 4 rings (SSSR count). The normalized spacial score (nSPS) is 25.1. The predicted octanol–water partition coefficient (Wildman–Crippen LogP) is 6.46. The topological polar surface area (TPSA) is 12.0 Å². The minimum Gasteiger partial charge on any atom is -0.376 e. The third-order valence-electron chi connectivity index (χ3n) is 5.48. The molecule has 1 N–H and O–H groups in total. The molecule has 1 aliphatic carbocycles. The molecule has 0 spiro atoms. The Hall–Kier alpha value is -1.73. The van der Waals surface area contributed by atoms with Crippen LogP contribution in [0.15, 0.2) is 54.6 Å². The van der Waals surface area contributed by atoms with E-state index in [1.165, 1.54) is 16.7 Å². The molecule has 124 valence electrons. The molecule has 0 amide bonds. The lowest BCUT2D eigenvalue weighted by Crippen LogP contribution is -2.29. The molecular weight excluding hydrogens is 314 g/mol. The molecule has 1 nitrogen and oxygen atoms in total. The highest BCUT2D eigenvalue weighted by atomic mass is 35.5. The summed E-state index contributed by atoms with van der Waals surface area (Å²) in [4.78, 5) is 0. The minimum absolute atomic E-state index is 0.186. The number of benzene rings is 2. The number of anilines is 1. The van der Waals surface area contributed by atoms with Gasteiger partial charge in [0.15, 0.2) is 0 Å². The number of allylic oxidation sites excluding steroid dienone is 2. The van der Waals surface area contributed by atoms with Gasteiger partial charge in [-0.25, -0.2) is 0 Å². The van der Waals surface area contributed by atoms with E-state index in [-0.39, 0.29) is 5.41 Å². The predicted molar refractivity (Wildman–Crippen MR) is 103 cm³/mol. The summed E-state index contributed by atoms with van der Waals surface area (Å²) in [5.74, 6) is 1.03. The summed E-state index contributed by atoms with van der Waals surface area (Å²) in [6.07, 6.45) is 5.80. The van der Waals surface area contributed by atoms with Crippen molar-refractivity contribution in [2.24, 2.45) is 5.92 Å². The van der Waals surface area contributed by atoms with Gasteiger partial charge in [0.2, 0.25) is 0 Å². The van der Waals surface area contributed by atoms with E-state index >= 15 is 0 Å². The highest BCUT2D eigenvalue weighted by molar-refractivity contribution is 6.33. The summed E-state index contributed by atoms with van der Waals surface area (Å²) in [6, 6.07) is 15.7. The molecule has 0 saturated heterocycles.